The summed E-state index contributed by atoms with van der Waals surface area (Å²) in [6.07, 6.45) is 3.06. The summed E-state index contributed by atoms with van der Waals surface area (Å²) in [5, 5.41) is 20.8. The Morgan fingerprint density at radius 1 is 1.27 bits per heavy atom. The average molecular weight is 370 g/mol. The molecule has 2 aromatic rings. The number of piperazine rings is 1. The Bertz CT molecular complexity index is 868. The van der Waals surface area contributed by atoms with Crippen LogP contribution in [0, 0.1) is 21.4 Å². The summed E-state index contributed by atoms with van der Waals surface area (Å²) in [7, 11) is 0. The predicted molar refractivity (Wildman–Crippen MR) is 99.7 cm³/mol. The van der Waals surface area contributed by atoms with E-state index in [4.69, 9.17) is 16.9 Å². The molecule has 7 nitrogen and oxygen atoms in total. The largest absolute Gasteiger partial charge is 0.367 e. The summed E-state index contributed by atoms with van der Waals surface area (Å²) >= 11 is 5.88. The fraction of sp³-hybridized carbons (Fsp3) is 0.222. The van der Waals surface area contributed by atoms with Crippen LogP contribution >= 0.6 is 11.6 Å². The number of non-ortho nitro benzene ring substituents is 1. The van der Waals surface area contributed by atoms with Gasteiger partial charge in [-0.3, -0.25) is 10.1 Å². The SMILES string of the molecule is N#CC=C(c1cccc([N+](=O)[O-])c1)N1CCN(c2ccc(Cl)cn2)CC1. The lowest BCUT2D eigenvalue weighted by atomic mass is 10.1. The first-order valence-electron chi connectivity index (χ1n) is 8.04. The molecule has 0 N–H and O–H groups in total. The molecule has 2 heterocycles. The maximum absolute atomic E-state index is 11.0. The molecule has 0 aliphatic carbocycles. The third-order valence-electron chi connectivity index (χ3n) is 4.21. The summed E-state index contributed by atoms with van der Waals surface area (Å²) in [6.45, 7) is 2.82. The van der Waals surface area contributed by atoms with Crippen LogP contribution in [0.5, 0.6) is 0 Å². The Labute approximate surface area is 155 Å². The van der Waals surface area contributed by atoms with Crippen molar-refractivity contribution in [2.24, 2.45) is 0 Å². The molecule has 8 heteroatoms. The third kappa shape index (κ3) is 3.92. The molecule has 0 bridgehead atoms. The lowest BCUT2D eigenvalue weighted by Gasteiger charge is -2.37. The highest BCUT2D eigenvalue weighted by Gasteiger charge is 2.21. The highest BCUT2D eigenvalue weighted by atomic mass is 35.5. The third-order valence-corrected chi connectivity index (χ3v) is 4.43. The molecule has 0 saturated carbocycles. The van der Waals surface area contributed by atoms with Crippen LogP contribution in [0.25, 0.3) is 5.70 Å². The van der Waals surface area contributed by atoms with Gasteiger partial charge in [0.2, 0.25) is 0 Å². The number of aromatic nitrogens is 1. The highest BCUT2D eigenvalue weighted by molar-refractivity contribution is 6.30. The van der Waals surface area contributed by atoms with E-state index in [0.717, 1.165) is 18.9 Å². The number of nitro benzene ring substituents is 1. The Morgan fingerprint density at radius 2 is 2.04 bits per heavy atom. The van der Waals surface area contributed by atoms with E-state index in [1.807, 2.05) is 12.1 Å². The van der Waals surface area contributed by atoms with Crippen LogP contribution in [0.15, 0.2) is 48.7 Å². The lowest BCUT2D eigenvalue weighted by Crippen LogP contribution is -2.45. The summed E-state index contributed by atoms with van der Waals surface area (Å²) in [4.78, 5) is 19.1. The fourth-order valence-corrected chi connectivity index (χ4v) is 3.04. The van der Waals surface area contributed by atoms with Gasteiger partial charge in [0, 0.05) is 56.1 Å². The second kappa shape index (κ2) is 7.85. The zero-order chi connectivity index (χ0) is 18.5. The minimum Gasteiger partial charge on any atom is -0.367 e. The topological polar surface area (TPSA) is 86.3 Å². The van der Waals surface area contributed by atoms with E-state index in [9.17, 15) is 10.1 Å². The van der Waals surface area contributed by atoms with Gasteiger partial charge >= 0.3 is 0 Å². The zero-order valence-electron chi connectivity index (χ0n) is 13.9. The van der Waals surface area contributed by atoms with E-state index < -0.39 is 4.92 Å². The van der Waals surface area contributed by atoms with E-state index in [-0.39, 0.29) is 5.69 Å². The summed E-state index contributed by atoms with van der Waals surface area (Å²) in [5.41, 5.74) is 1.37. The number of hydrogen-bond acceptors (Lipinski definition) is 6. The van der Waals surface area contributed by atoms with Gasteiger partial charge in [-0.2, -0.15) is 5.26 Å². The molecule has 3 rings (SSSR count). The first kappa shape index (κ1) is 17.7. The normalized spacial score (nSPS) is 14.8. The molecule has 1 aliphatic rings. The number of benzene rings is 1. The summed E-state index contributed by atoms with van der Waals surface area (Å²) < 4.78 is 0. The number of pyridine rings is 1. The van der Waals surface area contributed by atoms with Crippen molar-refractivity contribution < 1.29 is 4.92 Å². The van der Waals surface area contributed by atoms with Gasteiger partial charge in [-0.1, -0.05) is 23.7 Å². The van der Waals surface area contributed by atoms with E-state index >= 15 is 0 Å². The minimum atomic E-state index is -0.433. The van der Waals surface area contributed by atoms with Crippen molar-refractivity contribution >= 4 is 28.8 Å². The molecule has 26 heavy (non-hydrogen) atoms. The average Bonchev–Trinajstić information content (AvgIpc) is 2.67. The molecule has 1 fully saturated rings. The maximum atomic E-state index is 11.0. The maximum Gasteiger partial charge on any atom is 0.270 e. The van der Waals surface area contributed by atoms with Crippen molar-refractivity contribution in [2.45, 2.75) is 0 Å². The van der Waals surface area contributed by atoms with Gasteiger partial charge in [-0.25, -0.2) is 4.98 Å². The molecule has 132 valence electrons. The number of hydrogen-bond donors (Lipinski definition) is 0. The molecule has 0 amide bonds. The summed E-state index contributed by atoms with van der Waals surface area (Å²) in [5.74, 6) is 0.857. The smallest absolute Gasteiger partial charge is 0.270 e. The van der Waals surface area contributed by atoms with Crippen LogP contribution in [0.4, 0.5) is 11.5 Å². The molecule has 1 saturated heterocycles. The molecule has 1 aromatic heterocycles. The molecular weight excluding hydrogens is 354 g/mol. The van der Waals surface area contributed by atoms with Gasteiger partial charge in [0.15, 0.2) is 0 Å². The number of anilines is 1. The van der Waals surface area contributed by atoms with Crippen molar-refractivity contribution in [1.82, 2.24) is 9.88 Å². The van der Waals surface area contributed by atoms with Crippen molar-refractivity contribution in [3.63, 3.8) is 0 Å². The minimum absolute atomic E-state index is 0.00957. The van der Waals surface area contributed by atoms with Crippen molar-refractivity contribution in [3.8, 4) is 6.07 Å². The standard InChI is InChI=1S/C18H16ClN5O2/c19-15-4-5-18(21-13-15)23-10-8-22(9-11-23)17(6-7-20)14-2-1-3-16(12-14)24(25)26/h1-6,12-13H,8-11H2. The Balaban J connectivity index is 1.76. The second-order valence-corrected chi connectivity index (χ2v) is 6.21. The van der Waals surface area contributed by atoms with E-state index in [2.05, 4.69) is 14.8 Å². The molecule has 1 aromatic carbocycles. The summed E-state index contributed by atoms with van der Waals surface area (Å²) in [6, 6.07) is 12.1. The Hall–Kier alpha value is -3.11. The number of allylic oxidation sites excluding steroid dienone is 1. The van der Waals surface area contributed by atoms with Crippen molar-refractivity contribution in [2.75, 3.05) is 31.1 Å². The van der Waals surface area contributed by atoms with Crippen molar-refractivity contribution in [3.05, 3.63) is 69.4 Å². The number of nitrogens with zero attached hydrogens (tertiary/aromatic N) is 5. The van der Waals surface area contributed by atoms with Crippen LogP contribution in [0.2, 0.25) is 5.02 Å². The zero-order valence-corrected chi connectivity index (χ0v) is 14.6. The second-order valence-electron chi connectivity index (χ2n) is 5.77. The van der Waals surface area contributed by atoms with Crippen molar-refractivity contribution in [1.29, 1.82) is 5.26 Å². The van der Waals surface area contributed by atoms with Gasteiger partial charge in [0.1, 0.15) is 5.82 Å². The number of nitro groups is 1. The molecule has 0 radical (unpaired) electrons. The van der Waals surface area contributed by atoms with Gasteiger partial charge in [-0.05, 0) is 12.1 Å². The van der Waals surface area contributed by atoms with Crippen LogP contribution in [0.1, 0.15) is 5.56 Å². The monoisotopic (exact) mass is 369 g/mol. The van der Waals surface area contributed by atoms with Crippen LogP contribution in [0.3, 0.4) is 0 Å². The number of halogens is 1. The molecule has 1 aliphatic heterocycles. The van der Waals surface area contributed by atoms with Gasteiger partial charge in [0.25, 0.3) is 5.69 Å². The molecule has 0 atom stereocenters. The highest BCUT2D eigenvalue weighted by Crippen LogP contribution is 2.25. The Kier molecular flexibility index (Phi) is 5.34. The van der Waals surface area contributed by atoms with Crippen LogP contribution in [-0.4, -0.2) is 41.0 Å². The molecule has 0 unspecified atom stereocenters. The molecular formula is C18H16ClN5O2. The Morgan fingerprint density at radius 3 is 2.65 bits per heavy atom. The molecule has 0 spiro atoms. The van der Waals surface area contributed by atoms with E-state index in [1.165, 1.54) is 18.2 Å². The van der Waals surface area contributed by atoms with Gasteiger partial charge in [-0.15, -0.1) is 0 Å². The van der Waals surface area contributed by atoms with E-state index in [1.54, 1.807) is 24.4 Å². The fourth-order valence-electron chi connectivity index (χ4n) is 2.93. The quantitative estimate of drug-likeness (QED) is 0.466. The van der Waals surface area contributed by atoms with Gasteiger partial charge < -0.3 is 9.80 Å². The van der Waals surface area contributed by atoms with E-state index in [0.29, 0.717) is 29.4 Å². The number of rotatable bonds is 4. The van der Waals surface area contributed by atoms with Crippen LogP contribution in [-0.2, 0) is 0 Å². The van der Waals surface area contributed by atoms with Crippen LogP contribution < -0.4 is 4.90 Å². The van der Waals surface area contributed by atoms with Gasteiger partial charge in [0.05, 0.1) is 21.7 Å². The number of nitriles is 1. The first-order valence-corrected chi connectivity index (χ1v) is 8.42. The lowest BCUT2D eigenvalue weighted by molar-refractivity contribution is -0.384. The first-order chi connectivity index (χ1) is 12.6. The predicted octanol–water partition coefficient (Wildman–Crippen LogP) is 3.33.